The molecule has 0 aromatic carbocycles. The number of hydrogen-bond acceptors (Lipinski definition) is 3. The molecule has 0 spiro atoms. The molecular weight excluding hydrogens is 246 g/mol. The maximum absolute atomic E-state index is 11.6. The Labute approximate surface area is 91.6 Å². The van der Waals surface area contributed by atoms with Crippen LogP contribution in [-0.2, 0) is 0 Å². The van der Waals surface area contributed by atoms with Gasteiger partial charge < -0.3 is 4.74 Å². The van der Waals surface area contributed by atoms with E-state index in [0.717, 1.165) is 5.56 Å². The number of carbonyl (C=O) groups excluding carboxylic acids is 1. The van der Waals surface area contributed by atoms with Crippen molar-refractivity contribution in [2.45, 2.75) is 18.7 Å². The van der Waals surface area contributed by atoms with Gasteiger partial charge in [-0.05, 0) is 19.4 Å². The predicted molar refractivity (Wildman–Crippen MR) is 58.2 cm³/mol. The topological polar surface area (TPSA) is 39.2 Å². The Morgan fingerprint density at radius 2 is 2.29 bits per heavy atom. The molecule has 0 saturated carbocycles. The third-order valence-electron chi connectivity index (χ3n) is 1.92. The molecule has 1 rings (SSSR count). The van der Waals surface area contributed by atoms with E-state index in [1.54, 1.807) is 26.3 Å². The number of Topliss-reactive ketones (excluding diaryl/α,β-unsaturated/α-hetero) is 1. The number of alkyl halides is 1. The van der Waals surface area contributed by atoms with Crippen LogP contribution in [0.15, 0.2) is 12.3 Å². The number of rotatable bonds is 3. The summed E-state index contributed by atoms with van der Waals surface area (Å²) < 4.78 is 4.96. The van der Waals surface area contributed by atoms with Crippen molar-refractivity contribution in [3.63, 3.8) is 0 Å². The first-order valence-corrected chi connectivity index (χ1v) is 5.16. The van der Waals surface area contributed by atoms with Crippen molar-refractivity contribution in [2.24, 2.45) is 0 Å². The molecule has 3 nitrogen and oxygen atoms in total. The van der Waals surface area contributed by atoms with E-state index in [9.17, 15) is 4.79 Å². The van der Waals surface area contributed by atoms with Crippen LogP contribution in [0.1, 0.15) is 22.8 Å². The van der Waals surface area contributed by atoms with Gasteiger partial charge >= 0.3 is 0 Å². The van der Waals surface area contributed by atoms with Gasteiger partial charge in [0, 0.05) is 17.8 Å². The smallest absolute Gasteiger partial charge is 0.213 e. The molecule has 0 aliphatic rings. The SMILES string of the molecule is COc1cc(C)c(C(=O)C(C)Br)cn1. The molecule has 0 bridgehead atoms. The van der Waals surface area contributed by atoms with Crippen molar-refractivity contribution >= 4 is 21.7 Å². The molecule has 1 unspecified atom stereocenters. The van der Waals surface area contributed by atoms with Crippen molar-refractivity contribution in [2.75, 3.05) is 7.11 Å². The first-order chi connectivity index (χ1) is 6.56. The highest BCUT2D eigenvalue weighted by Crippen LogP contribution is 2.17. The zero-order chi connectivity index (χ0) is 10.7. The number of halogens is 1. The number of nitrogens with zero attached hydrogens (tertiary/aromatic N) is 1. The van der Waals surface area contributed by atoms with Crippen LogP contribution in [0.3, 0.4) is 0 Å². The summed E-state index contributed by atoms with van der Waals surface area (Å²) in [5.74, 6) is 0.568. The minimum absolute atomic E-state index is 0.0395. The third kappa shape index (κ3) is 2.32. The maximum atomic E-state index is 11.6. The Hall–Kier alpha value is -0.900. The summed E-state index contributed by atoms with van der Waals surface area (Å²) in [5.41, 5.74) is 1.52. The van der Waals surface area contributed by atoms with Crippen molar-refractivity contribution in [1.82, 2.24) is 4.98 Å². The Morgan fingerprint density at radius 1 is 1.64 bits per heavy atom. The molecule has 1 atom stereocenters. The van der Waals surface area contributed by atoms with Gasteiger partial charge in [0.05, 0.1) is 11.9 Å². The fraction of sp³-hybridized carbons (Fsp3) is 0.400. The lowest BCUT2D eigenvalue weighted by atomic mass is 10.1. The first kappa shape index (κ1) is 11.2. The lowest BCUT2D eigenvalue weighted by Crippen LogP contribution is -2.12. The summed E-state index contributed by atoms with van der Waals surface area (Å²) in [6.45, 7) is 3.67. The minimum Gasteiger partial charge on any atom is -0.481 e. The first-order valence-electron chi connectivity index (χ1n) is 4.25. The average Bonchev–Trinajstić information content (AvgIpc) is 2.16. The van der Waals surface area contributed by atoms with Gasteiger partial charge in [-0.15, -0.1) is 0 Å². The van der Waals surface area contributed by atoms with Crippen molar-refractivity contribution in [1.29, 1.82) is 0 Å². The van der Waals surface area contributed by atoms with E-state index in [0.29, 0.717) is 11.4 Å². The van der Waals surface area contributed by atoms with E-state index < -0.39 is 0 Å². The van der Waals surface area contributed by atoms with Gasteiger partial charge in [-0.3, -0.25) is 4.79 Å². The van der Waals surface area contributed by atoms with E-state index in [4.69, 9.17) is 4.74 Å². The lowest BCUT2D eigenvalue weighted by Gasteiger charge is -2.07. The highest BCUT2D eigenvalue weighted by molar-refractivity contribution is 9.10. The largest absolute Gasteiger partial charge is 0.481 e. The van der Waals surface area contributed by atoms with Crippen LogP contribution < -0.4 is 4.74 Å². The highest BCUT2D eigenvalue weighted by atomic mass is 79.9. The standard InChI is InChI=1S/C10H12BrNO2/c1-6-4-9(14-3)12-5-8(6)10(13)7(2)11/h4-5,7H,1-3H3. The molecule has 1 heterocycles. The van der Waals surface area contributed by atoms with Gasteiger partial charge in [0.15, 0.2) is 5.78 Å². The molecule has 0 fully saturated rings. The second kappa shape index (κ2) is 4.55. The number of methoxy groups -OCH3 is 1. The third-order valence-corrected chi connectivity index (χ3v) is 2.34. The van der Waals surface area contributed by atoms with E-state index in [-0.39, 0.29) is 10.6 Å². The second-order valence-electron chi connectivity index (χ2n) is 3.02. The molecule has 0 aliphatic heterocycles. The molecule has 76 valence electrons. The van der Waals surface area contributed by atoms with E-state index >= 15 is 0 Å². The summed E-state index contributed by atoms with van der Waals surface area (Å²) >= 11 is 3.24. The molecule has 0 N–H and O–H groups in total. The molecule has 0 amide bonds. The van der Waals surface area contributed by atoms with Crippen LogP contribution >= 0.6 is 15.9 Å². The molecule has 1 aromatic rings. The normalized spacial score (nSPS) is 12.3. The molecule has 0 saturated heterocycles. The number of ether oxygens (including phenoxy) is 1. The molecule has 4 heteroatoms. The highest BCUT2D eigenvalue weighted by Gasteiger charge is 2.15. The van der Waals surface area contributed by atoms with Crippen LogP contribution in [-0.4, -0.2) is 22.7 Å². The van der Waals surface area contributed by atoms with Crippen LogP contribution in [0.5, 0.6) is 5.88 Å². The molecule has 0 aliphatic carbocycles. The van der Waals surface area contributed by atoms with E-state index in [2.05, 4.69) is 20.9 Å². The Balaban J connectivity index is 3.06. The van der Waals surface area contributed by atoms with Gasteiger partial charge in [-0.25, -0.2) is 4.98 Å². The fourth-order valence-corrected chi connectivity index (χ4v) is 1.36. The Kier molecular flexibility index (Phi) is 3.63. The van der Waals surface area contributed by atoms with Crippen LogP contribution in [0.2, 0.25) is 0 Å². The van der Waals surface area contributed by atoms with Gasteiger partial charge in [-0.2, -0.15) is 0 Å². The van der Waals surface area contributed by atoms with Gasteiger partial charge in [0.2, 0.25) is 5.88 Å². The molecular formula is C10H12BrNO2. The van der Waals surface area contributed by atoms with Crippen LogP contribution in [0, 0.1) is 6.92 Å². The quantitative estimate of drug-likeness (QED) is 0.617. The monoisotopic (exact) mass is 257 g/mol. The number of carbonyl (C=O) groups is 1. The van der Waals surface area contributed by atoms with Crippen molar-refractivity contribution in [3.05, 3.63) is 23.4 Å². The van der Waals surface area contributed by atoms with Crippen molar-refractivity contribution < 1.29 is 9.53 Å². The summed E-state index contributed by atoms with van der Waals surface area (Å²) in [6.07, 6.45) is 1.55. The fourth-order valence-electron chi connectivity index (χ4n) is 1.11. The Bertz CT molecular complexity index is 350. The summed E-state index contributed by atoms with van der Waals surface area (Å²) in [4.78, 5) is 15.5. The zero-order valence-corrected chi connectivity index (χ0v) is 9.96. The molecule has 1 aromatic heterocycles. The van der Waals surface area contributed by atoms with E-state index in [1.165, 1.54) is 0 Å². The summed E-state index contributed by atoms with van der Waals surface area (Å²) in [6, 6.07) is 1.75. The molecule has 14 heavy (non-hydrogen) atoms. The minimum atomic E-state index is -0.184. The number of hydrogen-bond donors (Lipinski definition) is 0. The predicted octanol–water partition coefficient (Wildman–Crippen LogP) is 2.36. The van der Waals surface area contributed by atoms with E-state index in [1.807, 2.05) is 6.92 Å². The van der Waals surface area contributed by atoms with Crippen LogP contribution in [0.4, 0.5) is 0 Å². The number of pyridine rings is 1. The number of aromatic nitrogens is 1. The maximum Gasteiger partial charge on any atom is 0.213 e. The van der Waals surface area contributed by atoms with Gasteiger partial charge in [0.1, 0.15) is 0 Å². The van der Waals surface area contributed by atoms with Crippen LogP contribution in [0.25, 0.3) is 0 Å². The summed E-state index contributed by atoms with van der Waals surface area (Å²) in [5, 5.41) is 0. The zero-order valence-electron chi connectivity index (χ0n) is 8.37. The number of ketones is 1. The lowest BCUT2D eigenvalue weighted by molar-refractivity contribution is 0.0995. The van der Waals surface area contributed by atoms with Crippen molar-refractivity contribution in [3.8, 4) is 5.88 Å². The van der Waals surface area contributed by atoms with Gasteiger partial charge in [0.25, 0.3) is 0 Å². The molecule has 0 radical (unpaired) electrons. The average molecular weight is 258 g/mol. The van der Waals surface area contributed by atoms with Gasteiger partial charge in [-0.1, -0.05) is 15.9 Å². The summed E-state index contributed by atoms with van der Waals surface area (Å²) in [7, 11) is 1.55. The number of aryl methyl sites for hydroxylation is 1. The Morgan fingerprint density at radius 3 is 2.71 bits per heavy atom. The second-order valence-corrected chi connectivity index (χ2v) is 4.40.